The van der Waals surface area contributed by atoms with E-state index in [1.807, 2.05) is 10.9 Å². The van der Waals surface area contributed by atoms with Gasteiger partial charge in [0.25, 0.3) is 0 Å². The van der Waals surface area contributed by atoms with Crippen LogP contribution in [-0.2, 0) is 12.0 Å². The third-order valence-electron chi connectivity index (χ3n) is 3.09. The lowest BCUT2D eigenvalue weighted by atomic mass is 9.90. The topological polar surface area (TPSA) is 34.9 Å². The molecular formula is C16H20N2O. The number of carbonyl (C=O) groups excluding carboxylic acids is 1. The Morgan fingerprint density at radius 1 is 1.21 bits per heavy atom. The molecule has 0 saturated carbocycles. The summed E-state index contributed by atoms with van der Waals surface area (Å²) in [6.45, 7) is 8.97. The number of aryl methyl sites for hydroxylation is 1. The van der Waals surface area contributed by atoms with E-state index in [0.717, 1.165) is 12.0 Å². The van der Waals surface area contributed by atoms with Gasteiger partial charge in [0, 0.05) is 11.6 Å². The molecule has 0 atom stereocenters. The first-order valence-electron chi connectivity index (χ1n) is 6.49. The standard InChI is InChI=1S/C16H20N2O/c1-12-5-7-13(8-6-12)9-18-10-14(11-19)15(17-18)16(2,3)4/h5-8,10-11H,9H2,1-4H3. The monoisotopic (exact) mass is 256 g/mol. The third-order valence-corrected chi connectivity index (χ3v) is 3.09. The summed E-state index contributed by atoms with van der Waals surface area (Å²) >= 11 is 0. The summed E-state index contributed by atoms with van der Waals surface area (Å²) in [5.74, 6) is 0. The molecule has 0 aliphatic carbocycles. The second-order valence-electron chi connectivity index (χ2n) is 5.98. The lowest BCUT2D eigenvalue weighted by Crippen LogP contribution is -2.15. The fourth-order valence-electron chi connectivity index (χ4n) is 2.07. The molecule has 0 spiro atoms. The highest BCUT2D eigenvalue weighted by molar-refractivity contribution is 5.76. The highest BCUT2D eigenvalue weighted by Crippen LogP contribution is 2.23. The summed E-state index contributed by atoms with van der Waals surface area (Å²) in [6, 6.07) is 8.36. The molecule has 100 valence electrons. The number of benzene rings is 1. The molecule has 2 rings (SSSR count). The van der Waals surface area contributed by atoms with Gasteiger partial charge in [0.2, 0.25) is 0 Å². The summed E-state index contributed by atoms with van der Waals surface area (Å²) in [7, 11) is 0. The van der Waals surface area contributed by atoms with E-state index in [2.05, 4.69) is 57.1 Å². The molecule has 0 radical (unpaired) electrons. The van der Waals surface area contributed by atoms with Gasteiger partial charge in [-0.1, -0.05) is 50.6 Å². The fourth-order valence-corrected chi connectivity index (χ4v) is 2.07. The second kappa shape index (κ2) is 5.00. The van der Waals surface area contributed by atoms with Crippen molar-refractivity contribution in [2.75, 3.05) is 0 Å². The van der Waals surface area contributed by atoms with E-state index in [0.29, 0.717) is 12.1 Å². The molecular weight excluding hydrogens is 236 g/mol. The maximum atomic E-state index is 11.1. The molecule has 3 nitrogen and oxygen atoms in total. The average Bonchev–Trinajstić information content (AvgIpc) is 2.75. The number of nitrogens with zero attached hydrogens (tertiary/aromatic N) is 2. The van der Waals surface area contributed by atoms with Crippen LogP contribution < -0.4 is 0 Å². The lowest BCUT2D eigenvalue weighted by molar-refractivity contribution is 0.112. The van der Waals surface area contributed by atoms with Gasteiger partial charge in [-0.25, -0.2) is 0 Å². The van der Waals surface area contributed by atoms with E-state index in [1.54, 1.807) is 0 Å². The van der Waals surface area contributed by atoms with Crippen LogP contribution in [0.5, 0.6) is 0 Å². The zero-order chi connectivity index (χ0) is 14.0. The smallest absolute Gasteiger partial charge is 0.153 e. The first-order chi connectivity index (χ1) is 8.90. The summed E-state index contributed by atoms with van der Waals surface area (Å²) in [5, 5.41) is 4.56. The minimum absolute atomic E-state index is 0.116. The van der Waals surface area contributed by atoms with Crippen LogP contribution in [0.15, 0.2) is 30.5 Å². The lowest BCUT2D eigenvalue weighted by Gasteiger charge is -2.15. The van der Waals surface area contributed by atoms with Crippen LogP contribution in [-0.4, -0.2) is 16.1 Å². The van der Waals surface area contributed by atoms with E-state index in [1.165, 1.54) is 11.1 Å². The summed E-state index contributed by atoms with van der Waals surface area (Å²) in [6.07, 6.45) is 2.71. The van der Waals surface area contributed by atoms with Gasteiger partial charge in [0.1, 0.15) is 0 Å². The van der Waals surface area contributed by atoms with Crippen molar-refractivity contribution >= 4 is 6.29 Å². The maximum Gasteiger partial charge on any atom is 0.153 e. The highest BCUT2D eigenvalue weighted by atomic mass is 16.1. The predicted molar refractivity (Wildman–Crippen MR) is 76.6 cm³/mol. The summed E-state index contributed by atoms with van der Waals surface area (Å²) in [4.78, 5) is 11.1. The Hall–Kier alpha value is -1.90. The zero-order valence-electron chi connectivity index (χ0n) is 12.0. The molecule has 0 saturated heterocycles. The Morgan fingerprint density at radius 2 is 1.84 bits per heavy atom. The highest BCUT2D eigenvalue weighted by Gasteiger charge is 2.22. The van der Waals surface area contributed by atoms with E-state index < -0.39 is 0 Å². The Balaban J connectivity index is 2.29. The molecule has 0 aliphatic rings. The van der Waals surface area contributed by atoms with Gasteiger partial charge >= 0.3 is 0 Å². The molecule has 0 N–H and O–H groups in total. The van der Waals surface area contributed by atoms with Crippen molar-refractivity contribution in [2.45, 2.75) is 39.7 Å². The molecule has 0 fully saturated rings. The molecule has 0 bridgehead atoms. The van der Waals surface area contributed by atoms with Gasteiger partial charge < -0.3 is 0 Å². The van der Waals surface area contributed by atoms with Crippen molar-refractivity contribution in [1.82, 2.24) is 9.78 Å². The molecule has 0 amide bonds. The van der Waals surface area contributed by atoms with E-state index in [-0.39, 0.29) is 5.41 Å². The van der Waals surface area contributed by atoms with Gasteiger partial charge in [-0.15, -0.1) is 0 Å². The van der Waals surface area contributed by atoms with Gasteiger partial charge in [-0.2, -0.15) is 5.10 Å². The van der Waals surface area contributed by atoms with Crippen LogP contribution in [0.1, 0.15) is 48.0 Å². The minimum Gasteiger partial charge on any atom is -0.298 e. The average molecular weight is 256 g/mol. The SMILES string of the molecule is Cc1ccc(Cn2cc(C=O)c(C(C)(C)C)n2)cc1. The van der Waals surface area contributed by atoms with Crippen molar-refractivity contribution in [3.05, 3.63) is 52.8 Å². The van der Waals surface area contributed by atoms with Crippen molar-refractivity contribution in [3.63, 3.8) is 0 Å². The van der Waals surface area contributed by atoms with Gasteiger partial charge in [0.15, 0.2) is 6.29 Å². The van der Waals surface area contributed by atoms with E-state index >= 15 is 0 Å². The normalized spacial score (nSPS) is 11.6. The zero-order valence-corrected chi connectivity index (χ0v) is 12.0. The second-order valence-corrected chi connectivity index (χ2v) is 5.98. The first-order valence-corrected chi connectivity index (χ1v) is 6.49. The van der Waals surface area contributed by atoms with Crippen LogP contribution in [0.25, 0.3) is 0 Å². The molecule has 1 aromatic carbocycles. The van der Waals surface area contributed by atoms with E-state index in [4.69, 9.17) is 0 Å². The van der Waals surface area contributed by atoms with Crippen LogP contribution in [0.4, 0.5) is 0 Å². The Kier molecular flexibility index (Phi) is 3.56. The number of hydrogen-bond acceptors (Lipinski definition) is 2. The van der Waals surface area contributed by atoms with Gasteiger partial charge in [0.05, 0.1) is 17.8 Å². The molecule has 0 aliphatic heterocycles. The molecule has 3 heteroatoms. The molecule has 1 heterocycles. The van der Waals surface area contributed by atoms with Gasteiger partial charge in [-0.3, -0.25) is 9.48 Å². The van der Waals surface area contributed by atoms with Crippen LogP contribution >= 0.6 is 0 Å². The number of aromatic nitrogens is 2. The van der Waals surface area contributed by atoms with Crippen LogP contribution in [0.2, 0.25) is 0 Å². The Bertz CT molecular complexity index is 574. The van der Waals surface area contributed by atoms with Crippen LogP contribution in [0.3, 0.4) is 0 Å². The largest absolute Gasteiger partial charge is 0.298 e. The summed E-state index contributed by atoms with van der Waals surface area (Å²) in [5.41, 5.74) is 3.85. The summed E-state index contributed by atoms with van der Waals surface area (Å²) < 4.78 is 1.84. The number of aldehydes is 1. The van der Waals surface area contributed by atoms with E-state index in [9.17, 15) is 4.79 Å². The predicted octanol–water partition coefficient (Wildman–Crippen LogP) is 3.35. The number of carbonyl (C=O) groups is 1. The Labute approximate surface area is 114 Å². The quantitative estimate of drug-likeness (QED) is 0.789. The van der Waals surface area contributed by atoms with Crippen molar-refractivity contribution in [2.24, 2.45) is 0 Å². The number of hydrogen-bond donors (Lipinski definition) is 0. The molecule has 2 aromatic rings. The van der Waals surface area contributed by atoms with Crippen LogP contribution in [0, 0.1) is 6.92 Å². The first kappa shape index (κ1) is 13.5. The molecule has 1 aromatic heterocycles. The van der Waals surface area contributed by atoms with Gasteiger partial charge in [-0.05, 0) is 12.5 Å². The maximum absolute atomic E-state index is 11.1. The molecule has 19 heavy (non-hydrogen) atoms. The molecule has 0 unspecified atom stereocenters. The Morgan fingerprint density at radius 3 is 2.32 bits per heavy atom. The number of rotatable bonds is 3. The third kappa shape index (κ3) is 3.11. The van der Waals surface area contributed by atoms with Crippen molar-refractivity contribution in [1.29, 1.82) is 0 Å². The van der Waals surface area contributed by atoms with Crippen molar-refractivity contribution in [3.8, 4) is 0 Å². The fraction of sp³-hybridized carbons (Fsp3) is 0.375. The minimum atomic E-state index is -0.116. The van der Waals surface area contributed by atoms with Crippen molar-refractivity contribution < 1.29 is 4.79 Å².